The van der Waals surface area contributed by atoms with E-state index in [1.807, 2.05) is 5.32 Å². The van der Waals surface area contributed by atoms with Crippen LogP contribution in [-0.4, -0.2) is 129 Å². The number of primary amides is 1. The van der Waals surface area contributed by atoms with Gasteiger partial charge in [-0.05, 0) is 32.6 Å². The van der Waals surface area contributed by atoms with E-state index in [0.29, 0.717) is 6.42 Å². The summed E-state index contributed by atoms with van der Waals surface area (Å²) in [5, 5.41) is 25.6. The Hall–Kier alpha value is -6.81. The third-order valence-electron chi connectivity index (χ3n) is 8.39. The van der Waals surface area contributed by atoms with Crippen LogP contribution in [0.15, 0.2) is 31.2 Å². The van der Waals surface area contributed by atoms with Crippen LogP contribution in [0.25, 0.3) is 0 Å². The van der Waals surface area contributed by atoms with Gasteiger partial charge in [0.15, 0.2) is 0 Å². The van der Waals surface area contributed by atoms with E-state index in [1.54, 1.807) is 13.8 Å². The highest BCUT2D eigenvalue weighted by Crippen LogP contribution is 2.09. The van der Waals surface area contributed by atoms with E-state index in [4.69, 9.17) is 10.5 Å². The minimum atomic E-state index is -1.91. The number of carboxylic acids is 1. The number of carbonyl (C=O) groups is 11. The number of rotatable bonds is 26. The lowest BCUT2D eigenvalue weighted by Gasteiger charge is -2.27. The van der Waals surface area contributed by atoms with Gasteiger partial charge in [-0.3, -0.25) is 57.7 Å². The van der Waals surface area contributed by atoms with Gasteiger partial charge in [0.25, 0.3) is 11.8 Å². The number of ether oxygens (including phenoxy) is 1. The molecule has 59 heavy (non-hydrogen) atoms. The highest BCUT2D eigenvalue weighted by Gasteiger charge is 2.34. The fourth-order valence-corrected chi connectivity index (χ4v) is 4.93. The zero-order chi connectivity index (χ0) is 44.8. The van der Waals surface area contributed by atoms with E-state index in [9.17, 15) is 57.8 Å². The second-order valence-corrected chi connectivity index (χ2v) is 13.2. The minimum Gasteiger partial charge on any atom is -0.481 e. The van der Waals surface area contributed by atoms with Crippen molar-refractivity contribution in [1.82, 2.24) is 47.2 Å². The molecule has 0 aromatic carbocycles. The first-order valence-corrected chi connectivity index (χ1v) is 18.4. The Labute approximate surface area is 339 Å². The number of aromatic nitrogens is 2. The zero-order valence-electron chi connectivity index (χ0n) is 33.3. The molecule has 0 saturated carbocycles. The number of hydrogen-bond donors (Lipinski definition) is 9. The van der Waals surface area contributed by atoms with Crippen molar-refractivity contribution in [2.45, 2.75) is 103 Å². The van der Waals surface area contributed by atoms with Gasteiger partial charge in [-0.15, -0.1) is 0 Å². The highest BCUT2D eigenvalue weighted by atomic mass is 16.5. The molecule has 324 valence electrons. The van der Waals surface area contributed by atoms with Gasteiger partial charge < -0.3 is 52.8 Å². The topological polar surface area (TPSA) is 353 Å². The Balaban J connectivity index is 3.04. The quantitative estimate of drug-likeness (QED) is 0.0250. The van der Waals surface area contributed by atoms with Crippen LogP contribution in [0, 0.1) is 5.92 Å². The van der Waals surface area contributed by atoms with Crippen molar-refractivity contribution < 1.29 is 62.6 Å². The Morgan fingerprint density at radius 3 is 2.00 bits per heavy atom. The predicted molar refractivity (Wildman–Crippen MR) is 204 cm³/mol. The molecule has 0 aliphatic heterocycles. The van der Waals surface area contributed by atoms with Crippen molar-refractivity contribution in [3.05, 3.63) is 36.9 Å². The van der Waals surface area contributed by atoms with Gasteiger partial charge in [-0.2, -0.15) is 0 Å². The molecule has 1 heterocycles. The summed E-state index contributed by atoms with van der Waals surface area (Å²) in [6.45, 7) is 10.1. The number of ketones is 1. The summed E-state index contributed by atoms with van der Waals surface area (Å²) in [6.07, 6.45) is 3.69. The van der Waals surface area contributed by atoms with Crippen LogP contribution in [0.2, 0.25) is 0 Å². The molecule has 0 spiro atoms. The summed E-state index contributed by atoms with van der Waals surface area (Å²) < 4.78 is 4.79. The van der Waals surface area contributed by atoms with Gasteiger partial charge in [0.2, 0.25) is 41.2 Å². The van der Waals surface area contributed by atoms with Crippen molar-refractivity contribution in [1.29, 1.82) is 0 Å². The first kappa shape index (κ1) is 50.2. The van der Waals surface area contributed by atoms with Crippen molar-refractivity contribution >= 4 is 65.0 Å². The van der Waals surface area contributed by atoms with E-state index in [1.165, 1.54) is 38.5 Å². The van der Waals surface area contributed by atoms with Crippen LogP contribution >= 0.6 is 0 Å². The van der Waals surface area contributed by atoms with Crippen LogP contribution in [0.5, 0.6) is 0 Å². The maximum absolute atomic E-state index is 13.5. The highest BCUT2D eigenvalue weighted by molar-refractivity contribution is 6.38. The summed E-state index contributed by atoms with van der Waals surface area (Å²) in [5.41, 5.74) is 5.28. The molecule has 1 aromatic rings. The lowest BCUT2D eigenvalue weighted by molar-refractivity contribution is -0.144. The molecule has 8 amide bonds. The number of nitrogens with zero attached hydrogens (tertiary/aromatic N) is 2. The maximum Gasteiger partial charge on any atom is 0.306 e. The Morgan fingerprint density at radius 2 is 1.44 bits per heavy atom. The second-order valence-electron chi connectivity index (χ2n) is 13.2. The van der Waals surface area contributed by atoms with E-state index in [2.05, 4.69) is 48.4 Å². The standard InChI is InChI=1S/C36H52N10O13/c1-7-15-59-27(50)10-9-22(30(37)52)44-34(56)24(16-26(48)49)46-36(58)29(51)19(4)41-31(53)20(5)42-33(55)23(11-12-40-32(54)25-17-38-13-14-39-25)45-35(57)28(18(3)8-2)43-21(6)47/h7,13-14,17-20,22-24,28H,1,8-12,15-16H2,2-6H3,(H2,37,52)(H,40,54)(H,41,53)(H,42,55)(H,43,47)(H,44,56)(H,45,57)(H,46,58)(H,48,49)/t18-,19-,20-,22-,23-,24-,28-/m0/s1. The number of aliphatic carboxylic acids is 1. The SMILES string of the molecule is C=CCOC(=O)CC[C@H](NC(=O)[C@H](CC(=O)O)NC(=O)C(=O)[C@H](C)NC(=O)[C@H](C)NC(=O)[C@H](CCNC(=O)c1cnccn1)NC(=O)[C@@H](NC(C)=O)[C@@H](C)CC)C(N)=O. The van der Waals surface area contributed by atoms with E-state index in [-0.39, 0.29) is 44.0 Å². The first-order chi connectivity index (χ1) is 27.7. The third-order valence-corrected chi connectivity index (χ3v) is 8.39. The van der Waals surface area contributed by atoms with Gasteiger partial charge in [0.05, 0.1) is 18.7 Å². The minimum absolute atomic E-state index is 0.0178. The molecule has 23 nitrogen and oxygen atoms in total. The molecule has 10 N–H and O–H groups in total. The summed E-state index contributed by atoms with van der Waals surface area (Å²) in [7, 11) is 0. The largest absolute Gasteiger partial charge is 0.481 e. The van der Waals surface area contributed by atoms with Crippen LogP contribution in [0.1, 0.15) is 77.2 Å². The van der Waals surface area contributed by atoms with E-state index < -0.39 is 108 Å². The number of carbonyl (C=O) groups excluding carboxylic acids is 10. The lowest BCUT2D eigenvalue weighted by Crippen LogP contribution is -2.59. The molecular formula is C36H52N10O13. The molecule has 0 saturated heterocycles. The van der Waals surface area contributed by atoms with Crippen LogP contribution in [0.4, 0.5) is 0 Å². The van der Waals surface area contributed by atoms with E-state index in [0.717, 1.165) is 6.92 Å². The predicted octanol–water partition coefficient (Wildman–Crippen LogP) is -3.35. The van der Waals surface area contributed by atoms with Crippen LogP contribution < -0.4 is 43.0 Å². The Kier molecular flexibility index (Phi) is 21.7. The average Bonchev–Trinajstić information content (AvgIpc) is 3.18. The molecule has 0 unspecified atom stereocenters. The Bertz CT molecular complexity index is 1730. The number of nitrogens with one attached hydrogen (secondary N) is 7. The van der Waals surface area contributed by atoms with Gasteiger partial charge in [-0.1, -0.05) is 32.9 Å². The zero-order valence-corrected chi connectivity index (χ0v) is 33.3. The average molecular weight is 833 g/mol. The van der Waals surface area contributed by atoms with Crippen molar-refractivity contribution in [3.8, 4) is 0 Å². The number of esters is 1. The third kappa shape index (κ3) is 18.3. The molecule has 0 radical (unpaired) electrons. The molecule has 0 aliphatic rings. The summed E-state index contributed by atoms with van der Waals surface area (Å²) in [4.78, 5) is 146. The van der Waals surface area contributed by atoms with Gasteiger partial charge in [0.1, 0.15) is 42.5 Å². The van der Waals surface area contributed by atoms with Gasteiger partial charge >= 0.3 is 11.9 Å². The normalized spacial score (nSPS) is 14.1. The monoisotopic (exact) mass is 832 g/mol. The second kappa shape index (κ2) is 25.4. The van der Waals surface area contributed by atoms with Crippen molar-refractivity contribution in [2.75, 3.05) is 13.2 Å². The summed E-state index contributed by atoms with van der Waals surface area (Å²) >= 11 is 0. The number of nitrogens with two attached hydrogens (primary N) is 1. The van der Waals surface area contributed by atoms with Crippen molar-refractivity contribution in [3.63, 3.8) is 0 Å². The molecular weight excluding hydrogens is 780 g/mol. The Morgan fingerprint density at radius 1 is 0.814 bits per heavy atom. The van der Waals surface area contributed by atoms with Gasteiger partial charge in [0, 0.05) is 32.3 Å². The molecule has 0 fully saturated rings. The smallest absolute Gasteiger partial charge is 0.306 e. The molecule has 7 atom stereocenters. The van der Waals surface area contributed by atoms with E-state index >= 15 is 0 Å². The lowest BCUT2D eigenvalue weighted by atomic mass is 9.97. The van der Waals surface area contributed by atoms with Crippen LogP contribution in [-0.2, 0) is 52.7 Å². The molecule has 1 aromatic heterocycles. The molecule has 0 aliphatic carbocycles. The summed E-state index contributed by atoms with van der Waals surface area (Å²) in [6, 6.07) is -8.82. The van der Waals surface area contributed by atoms with Crippen LogP contribution in [0.3, 0.4) is 0 Å². The fourth-order valence-electron chi connectivity index (χ4n) is 4.93. The summed E-state index contributed by atoms with van der Waals surface area (Å²) in [5.74, 6) is -11.6. The van der Waals surface area contributed by atoms with Gasteiger partial charge in [-0.25, -0.2) is 4.98 Å². The number of hydrogen-bond acceptors (Lipinski definition) is 14. The number of amides is 8. The first-order valence-electron chi connectivity index (χ1n) is 18.4. The molecule has 1 rings (SSSR count). The number of Topliss-reactive ketones (excluding diaryl/α,β-unsaturated/α-hetero) is 1. The molecule has 0 bridgehead atoms. The number of carboxylic acid groups (broad SMARTS) is 1. The molecule has 23 heteroatoms. The fraction of sp³-hybridized carbons (Fsp3) is 0.528. The maximum atomic E-state index is 13.5. The van der Waals surface area contributed by atoms with Crippen molar-refractivity contribution in [2.24, 2.45) is 11.7 Å².